The number of carbonyl (C=O) groups is 1. The van der Waals surface area contributed by atoms with E-state index in [9.17, 15) is 4.79 Å². The number of nitrogens with zero attached hydrogens (tertiary/aromatic N) is 3. The fourth-order valence-electron chi connectivity index (χ4n) is 3.52. The highest BCUT2D eigenvalue weighted by Crippen LogP contribution is 2.24. The van der Waals surface area contributed by atoms with Crippen LogP contribution in [-0.2, 0) is 13.1 Å². The molecule has 0 N–H and O–H groups in total. The molecule has 0 atom stereocenters. The number of hydrogen-bond donors (Lipinski definition) is 0. The molecule has 0 spiro atoms. The highest BCUT2D eigenvalue weighted by Gasteiger charge is 2.25. The minimum absolute atomic E-state index is 0.0156. The van der Waals surface area contributed by atoms with Crippen LogP contribution in [0, 0.1) is 0 Å². The quantitative estimate of drug-likeness (QED) is 0.770. The van der Waals surface area contributed by atoms with E-state index >= 15 is 0 Å². The maximum atomic E-state index is 13.0. The van der Waals surface area contributed by atoms with Crippen LogP contribution in [0.3, 0.4) is 0 Å². The molecule has 1 aliphatic carbocycles. The second-order valence-electron chi connectivity index (χ2n) is 6.93. The number of amides is 1. The Hall–Kier alpha value is -3.02. The Morgan fingerprint density at radius 1 is 1.21 bits per heavy atom. The number of allylic oxidation sites excluding steroid dienone is 3. The Balaban J connectivity index is 1.43. The van der Waals surface area contributed by atoms with Crippen molar-refractivity contribution in [3.8, 4) is 11.6 Å². The Morgan fingerprint density at radius 2 is 2.11 bits per heavy atom. The molecule has 0 fully saturated rings. The molecule has 2 aliphatic rings. The molecule has 0 radical (unpaired) electrons. The van der Waals surface area contributed by atoms with Crippen LogP contribution >= 0.6 is 0 Å². The van der Waals surface area contributed by atoms with Gasteiger partial charge in [-0.25, -0.2) is 0 Å². The highest BCUT2D eigenvalue weighted by atomic mass is 16.5. The van der Waals surface area contributed by atoms with Gasteiger partial charge in [0.05, 0.1) is 31.0 Å². The third-order valence-electron chi connectivity index (χ3n) is 4.99. The summed E-state index contributed by atoms with van der Waals surface area (Å²) in [5.74, 6) is 1.24. The van der Waals surface area contributed by atoms with E-state index in [1.807, 2.05) is 46.8 Å². The molecule has 0 unspecified atom stereocenters. The first-order chi connectivity index (χ1) is 13.7. The number of carbonyl (C=O) groups excluding carboxylic acids is 1. The molecular weight excluding hydrogens is 354 g/mol. The van der Waals surface area contributed by atoms with Gasteiger partial charge in [-0.05, 0) is 37.5 Å². The van der Waals surface area contributed by atoms with E-state index in [1.165, 1.54) is 5.57 Å². The van der Waals surface area contributed by atoms with Crippen LogP contribution < -0.4 is 9.47 Å². The molecule has 28 heavy (non-hydrogen) atoms. The van der Waals surface area contributed by atoms with Crippen LogP contribution in [-0.4, -0.2) is 40.3 Å². The van der Waals surface area contributed by atoms with Gasteiger partial charge < -0.3 is 14.4 Å². The zero-order valence-electron chi connectivity index (χ0n) is 16.1. The number of aromatic nitrogens is 2. The zero-order chi connectivity index (χ0) is 19.3. The van der Waals surface area contributed by atoms with Crippen molar-refractivity contribution in [2.75, 3.05) is 19.8 Å². The summed E-state index contributed by atoms with van der Waals surface area (Å²) in [6, 6.07) is 9.35. The van der Waals surface area contributed by atoms with Gasteiger partial charge >= 0.3 is 0 Å². The molecule has 4 rings (SSSR count). The van der Waals surface area contributed by atoms with Gasteiger partial charge in [-0.1, -0.05) is 30.4 Å². The molecule has 2 heterocycles. The third kappa shape index (κ3) is 3.96. The van der Waals surface area contributed by atoms with Gasteiger partial charge in [0, 0.05) is 12.6 Å². The molecular formula is C22H25N3O3. The summed E-state index contributed by atoms with van der Waals surface area (Å²) in [5.41, 5.74) is 2.87. The summed E-state index contributed by atoms with van der Waals surface area (Å²) in [5, 5.41) is 4.54. The first-order valence-electron chi connectivity index (χ1n) is 9.80. The average molecular weight is 379 g/mol. The van der Waals surface area contributed by atoms with Crippen molar-refractivity contribution in [1.29, 1.82) is 0 Å². The van der Waals surface area contributed by atoms with Crippen LogP contribution in [0.15, 0.2) is 54.1 Å². The van der Waals surface area contributed by atoms with Gasteiger partial charge in [0.25, 0.3) is 5.91 Å². The van der Waals surface area contributed by atoms with Crippen molar-refractivity contribution in [3.05, 3.63) is 65.4 Å². The Morgan fingerprint density at radius 3 is 2.93 bits per heavy atom. The lowest BCUT2D eigenvalue weighted by Crippen LogP contribution is -2.38. The molecule has 146 valence electrons. The maximum Gasteiger partial charge on any atom is 0.258 e. The molecule has 2 aromatic rings. The maximum absolute atomic E-state index is 13.0. The minimum atomic E-state index is -0.0156. The van der Waals surface area contributed by atoms with Crippen LogP contribution in [0.4, 0.5) is 0 Å². The fourth-order valence-corrected chi connectivity index (χ4v) is 3.52. The van der Waals surface area contributed by atoms with Crippen LogP contribution in [0.1, 0.15) is 35.8 Å². The van der Waals surface area contributed by atoms with Crippen molar-refractivity contribution in [1.82, 2.24) is 14.7 Å². The lowest BCUT2D eigenvalue weighted by atomic mass is 10.1. The van der Waals surface area contributed by atoms with Gasteiger partial charge in [0.1, 0.15) is 12.4 Å². The lowest BCUT2D eigenvalue weighted by Gasteiger charge is -2.28. The van der Waals surface area contributed by atoms with E-state index in [-0.39, 0.29) is 5.91 Å². The molecule has 0 saturated carbocycles. The first-order valence-corrected chi connectivity index (χ1v) is 9.80. The smallest absolute Gasteiger partial charge is 0.258 e. The van der Waals surface area contributed by atoms with Crippen molar-refractivity contribution >= 4 is 5.91 Å². The molecule has 6 nitrogen and oxygen atoms in total. The van der Waals surface area contributed by atoms with E-state index in [0.717, 1.165) is 18.5 Å². The zero-order valence-corrected chi connectivity index (χ0v) is 16.1. The standard InChI is InChI=1S/C22H25N3O3/c1-2-27-20-11-7-6-10-19(20)22(26)24-12-13-25-18(15-24)14-21(23-25)28-16-17-8-4-3-5-9-17/h3-4,6-8,10-11,14H,2,5,9,12-13,15-16H2,1H3. The largest absolute Gasteiger partial charge is 0.493 e. The SMILES string of the molecule is CCOc1ccccc1C(=O)N1CCn2nc(OCC3=CC=CCC3)cc2C1. The summed E-state index contributed by atoms with van der Waals surface area (Å²) < 4.78 is 13.4. The van der Waals surface area contributed by atoms with E-state index < -0.39 is 0 Å². The Labute approximate surface area is 165 Å². The van der Waals surface area contributed by atoms with Crippen LogP contribution in [0.5, 0.6) is 11.6 Å². The lowest BCUT2D eigenvalue weighted by molar-refractivity contribution is 0.0702. The topological polar surface area (TPSA) is 56.6 Å². The first kappa shape index (κ1) is 18.3. The number of para-hydroxylation sites is 1. The van der Waals surface area contributed by atoms with Crippen molar-refractivity contribution in [2.45, 2.75) is 32.9 Å². The van der Waals surface area contributed by atoms with Gasteiger partial charge in [0.15, 0.2) is 0 Å². The molecule has 0 bridgehead atoms. The Bertz CT molecular complexity index is 914. The van der Waals surface area contributed by atoms with Gasteiger partial charge in [-0.15, -0.1) is 5.10 Å². The monoisotopic (exact) mass is 379 g/mol. The summed E-state index contributed by atoms with van der Waals surface area (Å²) in [6.45, 7) is 4.80. The molecule has 1 aromatic heterocycles. The van der Waals surface area contributed by atoms with E-state index in [4.69, 9.17) is 9.47 Å². The van der Waals surface area contributed by atoms with Crippen LogP contribution in [0.2, 0.25) is 0 Å². The molecule has 1 aliphatic heterocycles. The van der Waals surface area contributed by atoms with Gasteiger partial charge in [-0.3, -0.25) is 9.48 Å². The second-order valence-corrected chi connectivity index (χ2v) is 6.93. The minimum Gasteiger partial charge on any atom is -0.493 e. The number of ether oxygens (including phenoxy) is 2. The van der Waals surface area contributed by atoms with Crippen molar-refractivity contribution in [2.24, 2.45) is 0 Å². The third-order valence-corrected chi connectivity index (χ3v) is 4.99. The Kier molecular flexibility index (Phi) is 5.46. The summed E-state index contributed by atoms with van der Waals surface area (Å²) in [7, 11) is 0. The van der Waals surface area contributed by atoms with Gasteiger partial charge in [-0.2, -0.15) is 0 Å². The number of hydrogen-bond acceptors (Lipinski definition) is 4. The average Bonchev–Trinajstić information content (AvgIpc) is 3.15. The summed E-state index contributed by atoms with van der Waals surface area (Å²) in [6.07, 6.45) is 8.44. The summed E-state index contributed by atoms with van der Waals surface area (Å²) >= 11 is 0. The van der Waals surface area contributed by atoms with Crippen LogP contribution in [0.25, 0.3) is 0 Å². The predicted molar refractivity (Wildman–Crippen MR) is 107 cm³/mol. The van der Waals surface area contributed by atoms with E-state index in [1.54, 1.807) is 0 Å². The van der Waals surface area contributed by atoms with E-state index in [0.29, 0.717) is 50.0 Å². The van der Waals surface area contributed by atoms with Gasteiger partial charge in [0.2, 0.25) is 5.88 Å². The number of fused-ring (bicyclic) bond motifs is 1. The summed E-state index contributed by atoms with van der Waals surface area (Å²) in [4.78, 5) is 14.9. The predicted octanol–water partition coefficient (Wildman–Crippen LogP) is 3.59. The molecule has 1 amide bonds. The number of benzene rings is 1. The normalized spacial score (nSPS) is 15.8. The number of rotatable bonds is 6. The van der Waals surface area contributed by atoms with Crippen molar-refractivity contribution in [3.63, 3.8) is 0 Å². The highest BCUT2D eigenvalue weighted by molar-refractivity contribution is 5.97. The second kappa shape index (κ2) is 8.33. The fraction of sp³-hybridized carbons (Fsp3) is 0.364. The van der Waals surface area contributed by atoms with Crippen molar-refractivity contribution < 1.29 is 14.3 Å². The van der Waals surface area contributed by atoms with E-state index in [2.05, 4.69) is 23.3 Å². The molecule has 1 aromatic carbocycles. The molecule has 6 heteroatoms. The molecule has 0 saturated heterocycles.